The van der Waals surface area contributed by atoms with E-state index in [0.29, 0.717) is 5.41 Å². The summed E-state index contributed by atoms with van der Waals surface area (Å²) in [6.45, 7) is 0. The molecule has 0 spiro atoms. The van der Waals surface area contributed by atoms with Crippen molar-refractivity contribution in [2.24, 2.45) is 22.4 Å². The average molecular weight is 213 g/mol. The topological polar surface area (TPSA) is 32.6 Å². The van der Waals surface area contributed by atoms with Crippen molar-refractivity contribution in [1.29, 1.82) is 0 Å². The van der Waals surface area contributed by atoms with Crippen LogP contribution >= 0.6 is 0 Å². The summed E-state index contributed by atoms with van der Waals surface area (Å²) < 4.78 is 0. The summed E-state index contributed by atoms with van der Waals surface area (Å²) in [5, 5.41) is 12.2. The highest BCUT2D eigenvalue weighted by molar-refractivity contribution is 5.86. The summed E-state index contributed by atoms with van der Waals surface area (Å²) in [6, 6.07) is 10.8. The van der Waals surface area contributed by atoms with Crippen LogP contribution in [0.3, 0.4) is 0 Å². The molecule has 82 valence electrons. The quantitative estimate of drug-likeness (QED) is 0.457. The first kappa shape index (κ1) is 8.80. The van der Waals surface area contributed by atoms with Crippen LogP contribution in [0.25, 0.3) is 0 Å². The zero-order valence-corrected chi connectivity index (χ0v) is 9.13. The number of oxime groups is 1. The van der Waals surface area contributed by atoms with Crippen molar-refractivity contribution >= 4 is 6.21 Å². The molecule has 0 aliphatic heterocycles. The van der Waals surface area contributed by atoms with Gasteiger partial charge in [-0.3, -0.25) is 0 Å². The van der Waals surface area contributed by atoms with Crippen LogP contribution in [0.2, 0.25) is 0 Å². The van der Waals surface area contributed by atoms with Gasteiger partial charge in [0.2, 0.25) is 0 Å². The molecule has 1 N–H and O–H groups in total. The van der Waals surface area contributed by atoms with Crippen LogP contribution in [0, 0.1) is 17.3 Å². The zero-order chi connectivity index (χ0) is 10.8. The van der Waals surface area contributed by atoms with Gasteiger partial charge in [0.15, 0.2) is 0 Å². The third-order valence-corrected chi connectivity index (χ3v) is 5.31. The first-order chi connectivity index (χ1) is 7.89. The molecule has 2 nitrogen and oxygen atoms in total. The highest BCUT2D eigenvalue weighted by atomic mass is 16.4. The minimum absolute atomic E-state index is 0.237. The molecule has 0 heterocycles. The monoisotopic (exact) mass is 213 g/mol. The van der Waals surface area contributed by atoms with Gasteiger partial charge in [-0.25, -0.2) is 0 Å². The molecule has 1 aromatic rings. The SMILES string of the molecule is ON=CC12C3CCCC1C32c1ccccc1. The van der Waals surface area contributed by atoms with E-state index in [1.165, 1.54) is 24.8 Å². The molecule has 2 unspecified atom stereocenters. The molecule has 3 fully saturated rings. The molecule has 3 saturated carbocycles. The Balaban J connectivity index is 1.81. The first-order valence-electron chi connectivity index (χ1n) is 6.13. The van der Waals surface area contributed by atoms with Crippen molar-refractivity contribution in [3.63, 3.8) is 0 Å². The summed E-state index contributed by atoms with van der Waals surface area (Å²) in [5.74, 6) is 1.49. The first-order valence-corrected chi connectivity index (χ1v) is 6.13. The fourth-order valence-corrected chi connectivity index (χ4v) is 4.85. The van der Waals surface area contributed by atoms with Gasteiger partial charge in [-0.2, -0.15) is 0 Å². The fraction of sp³-hybridized carbons (Fsp3) is 0.500. The lowest BCUT2D eigenvalue weighted by Gasteiger charge is -2.27. The van der Waals surface area contributed by atoms with Crippen LogP contribution in [0.1, 0.15) is 24.8 Å². The minimum atomic E-state index is 0.237. The van der Waals surface area contributed by atoms with Gasteiger partial charge >= 0.3 is 0 Å². The Bertz CT molecular complexity index is 453. The van der Waals surface area contributed by atoms with E-state index in [9.17, 15) is 0 Å². The minimum Gasteiger partial charge on any atom is -0.411 e. The van der Waals surface area contributed by atoms with Crippen molar-refractivity contribution < 1.29 is 5.21 Å². The number of hydrogen-bond acceptors (Lipinski definition) is 2. The van der Waals surface area contributed by atoms with Gasteiger partial charge in [0.25, 0.3) is 0 Å². The summed E-state index contributed by atoms with van der Waals surface area (Å²) in [7, 11) is 0. The Labute approximate surface area is 95.0 Å². The summed E-state index contributed by atoms with van der Waals surface area (Å²) in [6.07, 6.45) is 5.79. The van der Waals surface area contributed by atoms with Crippen molar-refractivity contribution in [3.05, 3.63) is 35.9 Å². The lowest BCUT2D eigenvalue weighted by molar-refractivity contribution is 0.284. The number of fused-ring (bicyclic) bond motifs is 2. The van der Waals surface area contributed by atoms with Gasteiger partial charge in [0.1, 0.15) is 0 Å². The van der Waals surface area contributed by atoms with E-state index in [2.05, 4.69) is 35.5 Å². The zero-order valence-electron chi connectivity index (χ0n) is 9.13. The van der Waals surface area contributed by atoms with Gasteiger partial charge in [-0.05, 0) is 30.2 Å². The molecule has 0 saturated heterocycles. The van der Waals surface area contributed by atoms with Gasteiger partial charge in [0.05, 0.1) is 6.21 Å². The Kier molecular flexibility index (Phi) is 1.38. The fourth-order valence-electron chi connectivity index (χ4n) is 4.85. The van der Waals surface area contributed by atoms with Gasteiger partial charge in [0, 0.05) is 10.8 Å². The predicted octanol–water partition coefficient (Wildman–Crippen LogP) is 2.81. The van der Waals surface area contributed by atoms with Gasteiger partial charge in [-0.15, -0.1) is 5.16 Å². The molecule has 0 bridgehead atoms. The van der Waals surface area contributed by atoms with E-state index in [-0.39, 0.29) is 5.41 Å². The second-order valence-corrected chi connectivity index (χ2v) is 5.45. The maximum Gasteiger partial charge on any atom is 0.0513 e. The van der Waals surface area contributed by atoms with Crippen LogP contribution in [0.15, 0.2) is 35.5 Å². The second-order valence-electron chi connectivity index (χ2n) is 5.45. The molecular formula is C14H15NO. The summed E-state index contributed by atoms with van der Waals surface area (Å²) in [5.41, 5.74) is 2.06. The average Bonchev–Trinajstić information content (AvgIpc) is 3.17. The van der Waals surface area contributed by atoms with Crippen LogP contribution in [0.4, 0.5) is 0 Å². The Morgan fingerprint density at radius 1 is 1.19 bits per heavy atom. The maximum absolute atomic E-state index is 8.85. The van der Waals surface area contributed by atoms with Crippen LogP contribution in [-0.4, -0.2) is 11.4 Å². The molecule has 2 heteroatoms. The van der Waals surface area contributed by atoms with E-state index in [1.807, 2.05) is 6.21 Å². The van der Waals surface area contributed by atoms with Crippen molar-refractivity contribution in [3.8, 4) is 0 Å². The second kappa shape index (κ2) is 2.50. The maximum atomic E-state index is 8.85. The third-order valence-electron chi connectivity index (χ3n) is 5.31. The lowest BCUT2D eigenvalue weighted by Crippen LogP contribution is -2.22. The Morgan fingerprint density at radius 3 is 2.50 bits per heavy atom. The Hall–Kier alpha value is -1.31. The molecule has 3 aliphatic carbocycles. The number of nitrogens with zero attached hydrogens (tertiary/aromatic N) is 1. The van der Waals surface area contributed by atoms with Crippen molar-refractivity contribution in [1.82, 2.24) is 0 Å². The van der Waals surface area contributed by atoms with Crippen LogP contribution in [0.5, 0.6) is 0 Å². The normalized spacial score (nSPS) is 47.8. The lowest BCUT2D eigenvalue weighted by atomic mass is 9.77. The van der Waals surface area contributed by atoms with Crippen molar-refractivity contribution in [2.75, 3.05) is 0 Å². The highest BCUT2D eigenvalue weighted by Gasteiger charge is 2.97. The molecule has 0 aromatic heterocycles. The number of hydrogen-bond donors (Lipinski definition) is 1. The van der Waals surface area contributed by atoms with Gasteiger partial charge < -0.3 is 5.21 Å². The van der Waals surface area contributed by atoms with E-state index < -0.39 is 0 Å². The van der Waals surface area contributed by atoms with E-state index in [1.54, 1.807) is 0 Å². The molecule has 16 heavy (non-hydrogen) atoms. The molecule has 4 rings (SSSR count). The molecule has 3 aliphatic rings. The molecule has 0 amide bonds. The smallest absolute Gasteiger partial charge is 0.0513 e. The summed E-state index contributed by atoms with van der Waals surface area (Å²) in [4.78, 5) is 0. The van der Waals surface area contributed by atoms with Crippen molar-refractivity contribution in [2.45, 2.75) is 24.7 Å². The molecular weight excluding hydrogens is 198 g/mol. The van der Waals surface area contributed by atoms with Crippen LogP contribution < -0.4 is 0 Å². The number of benzene rings is 1. The largest absolute Gasteiger partial charge is 0.411 e. The molecule has 1 aromatic carbocycles. The predicted molar refractivity (Wildman–Crippen MR) is 61.7 cm³/mol. The molecule has 2 atom stereocenters. The Morgan fingerprint density at radius 2 is 1.88 bits per heavy atom. The van der Waals surface area contributed by atoms with Gasteiger partial charge in [-0.1, -0.05) is 36.8 Å². The standard InChI is InChI=1S/C14H15NO/c16-15-9-13-11-7-4-8-12(13)14(11,13)10-5-2-1-3-6-10/h1-3,5-6,9,11-12,16H,4,7-8H2. The molecule has 0 radical (unpaired) electrons. The van der Waals surface area contributed by atoms with E-state index in [0.717, 1.165) is 11.8 Å². The highest BCUT2D eigenvalue weighted by Crippen LogP contribution is 2.96. The number of rotatable bonds is 2. The van der Waals surface area contributed by atoms with E-state index >= 15 is 0 Å². The van der Waals surface area contributed by atoms with E-state index in [4.69, 9.17) is 5.21 Å². The third kappa shape index (κ3) is 0.649. The summed E-state index contributed by atoms with van der Waals surface area (Å²) >= 11 is 0. The van der Waals surface area contributed by atoms with Crippen LogP contribution in [-0.2, 0) is 5.41 Å².